The molecule has 4 N–H and O–H groups in total. The molecule has 84 valence electrons. The highest BCUT2D eigenvalue weighted by molar-refractivity contribution is 5.91. The summed E-state index contributed by atoms with van der Waals surface area (Å²) in [6.45, 7) is 2.97. The molecule has 0 aliphatic carbocycles. The van der Waals surface area contributed by atoms with Crippen molar-refractivity contribution in [2.24, 2.45) is 5.73 Å². The fraction of sp³-hybridized carbons (Fsp3) is 0.556. The summed E-state index contributed by atoms with van der Waals surface area (Å²) in [6.07, 6.45) is 2.63. The van der Waals surface area contributed by atoms with Gasteiger partial charge >= 0.3 is 0 Å². The maximum atomic E-state index is 11.4. The summed E-state index contributed by atoms with van der Waals surface area (Å²) in [5, 5.41) is 11.5. The molecule has 0 aliphatic heterocycles. The number of carbonyl (C=O) groups excluding carboxylic acids is 1. The first kappa shape index (κ1) is 11.7. The van der Waals surface area contributed by atoms with E-state index < -0.39 is 6.10 Å². The van der Waals surface area contributed by atoms with E-state index in [4.69, 9.17) is 10.8 Å². The first-order valence-electron chi connectivity index (χ1n) is 4.81. The molecule has 0 saturated carbocycles. The Balaban J connectivity index is 2.50. The minimum absolute atomic E-state index is 0.225. The standard InChI is InChI=1S/C9H16N4O2/c1-7(14)4-11-9(15)8-5-13(3-2-10)6-12-8/h5-7,14H,2-4,10H2,1H3,(H,11,15)/t7-/m0/s1. The van der Waals surface area contributed by atoms with Gasteiger partial charge in [-0.3, -0.25) is 4.79 Å². The predicted octanol–water partition coefficient (Wildman–Crippen LogP) is -1.05. The summed E-state index contributed by atoms with van der Waals surface area (Å²) in [7, 11) is 0. The molecule has 0 spiro atoms. The molecule has 6 heteroatoms. The van der Waals surface area contributed by atoms with Crippen molar-refractivity contribution in [1.29, 1.82) is 0 Å². The van der Waals surface area contributed by atoms with E-state index in [0.717, 1.165) is 0 Å². The maximum absolute atomic E-state index is 11.4. The van der Waals surface area contributed by atoms with Crippen LogP contribution < -0.4 is 11.1 Å². The third kappa shape index (κ3) is 3.69. The minimum Gasteiger partial charge on any atom is -0.392 e. The van der Waals surface area contributed by atoms with Crippen LogP contribution in [0.3, 0.4) is 0 Å². The fourth-order valence-corrected chi connectivity index (χ4v) is 1.08. The van der Waals surface area contributed by atoms with Gasteiger partial charge in [0.25, 0.3) is 5.91 Å². The monoisotopic (exact) mass is 212 g/mol. The molecule has 6 nitrogen and oxygen atoms in total. The van der Waals surface area contributed by atoms with Gasteiger partial charge in [-0.05, 0) is 6.92 Å². The lowest BCUT2D eigenvalue weighted by molar-refractivity contribution is 0.0919. The topological polar surface area (TPSA) is 93.2 Å². The van der Waals surface area contributed by atoms with Crippen LogP contribution in [0.15, 0.2) is 12.5 Å². The quantitative estimate of drug-likeness (QED) is 0.580. The molecule has 0 radical (unpaired) electrons. The van der Waals surface area contributed by atoms with Crippen molar-refractivity contribution in [3.8, 4) is 0 Å². The summed E-state index contributed by atoms with van der Waals surface area (Å²) in [5.74, 6) is -0.285. The number of aliphatic hydroxyl groups is 1. The van der Waals surface area contributed by atoms with Gasteiger partial charge in [-0.2, -0.15) is 0 Å². The molecule has 1 aromatic rings. The van der Waals surface area contributed by atoms with Gasteiger partial charge in [0.1, 0.15) is 5.69 Å². The van der Waals surface area contributed by atoms with Crippen LogP contribution >= 0.6 is 0 Å². The lowest BCUT2D eigenvalue weighted by Crippen LogP contribution is -2.30. The highest BCUT2D eigenvalue weighted by Gasteiger charge is 2.09. The predicted molar refractivity (Wildman–Crippen MR) is 55.3 cm³/mol. The normalized spacial score (nSPS) is 12.5. The van der Waals surface area contributed by atoms with Crippen molar-refractivity contribution < 1.29 is 9.90 Å². The lowest BCUT2D eigenvalue weighted by atomic mass is 10.4. The van der Waals surface area contributed by atoms with Gasteiger partial charge < -0.3 is 20.7 Å². The number of carbonyl (C=O) groups is 1. The summed E-state index contributed by atoms with van der Waals surface area (Å²) in [4.78, 5) is 15.4. The number of hydrogen-bond acceptors (Lipinski definition) is 4. The molecule has 0 aliphatic rings. The molecule has 0 fully saturated rings. The van der Waals surface area contributed by atoms with Crippen LogP contribution in [0.4, 0.5) is 0 Å². The Kier molecular flexibility index (Phi) is 4.26. The van der Waals surface area contributed by atoms with Crippen LogP contribution in [-0.2, 0) is 6.54 Å². The van der Waals surface area contributed by atoms with E-state index in [1.807, 2.05) is 0 Å². The molecule has 1 aromatic heterocycles. The van der Waals surface area contributed by atoms with Crippen LogP contribution in [-0.4, -0.2) is 39.8 Å². The Bertz CT molecular complexity index is 322. The number of amides is 1. The maximum Gasteiger partial charge on any atom is 0.271 e. The number of nitrogens with two attached hydrogens (primary N) is 1. The minimum atomic E-state index is -0.555. The Morgan fingerprint density at radius 2 is 2.53 bits per heavy atom. The van der Waals surface area contributed by atoms with Gasteiger partial charge in [0, 0.05) is 25.8 Å². The van der Waals surface area contributed by atoms with Crippen molar-refractivity contribution in [2.75, 3.05) is 13.1 Å². The summed E-state index contributed by atoms with van der Waals surface area (Å²) < 4.78 is 1.75. The van der Waals surface area contributed by atoms with Crippen molar-refractivity contribution in [2.45, 2.75) is 19.6 Å². The highest BCUT2D eigenvalue weighted by atomic mass is 16.3. The van der Waals surface area contributed by atoms with Crippen LogP contribution in [0.25, 0.3) is 0 Å². The van der Waals surface area contributed by atoms with Crippen molar-refractivity contribution in [3.05, 3.63) is 18.2 Å². The van der Waals surface area contributed by atoms with Crippen molar-refractivity contribution >= 4 is 5.91 Å². The van der Waals surface area contributed by atoms with E-state index in [-0.39, 0.29) is 12.5 Å². The molecule has 15 heavy (non-hydrogen) atoms. The largest absolute Gasteiger partial charge is 0.392 e. The zero-order chi connectivity index (χ0) is 11.3. The van der Waals surface area contributed by atoms with E-state index in [9.17, 15) is 4.79 Å². The van der Waals surface area contributed by atoms with Gasteiger partial charge in [-0.1, -0.05) is 0 Å². The number of rotatable bonds is 5. The van der Waals surface area contributed by atoms with E-state index in [0.29, 0.717) is 18.8 Å². The van der Waals surface area contributed by atoms with Crippen molar-refractivity contribution in [3.63, 3.8) is 0 Å². The number of imidazole rings is 1. The molecule has 0 saturated heterocycles. The van der Waals surface area contributed by atoms with Crippen LogP contribution in [0.1, 0.15) is 17.4 Å². The fourth-order valence-electron chi connectivity index (χ4n) is 1.08. The molecular weight excluding hydrogens is 196 g/mol. The number of nitrogens with zero attached hydrogens (tertiary/aromatic N) is 2. The van der Waals surface area contributed by atoms with Gasteiger partial charge in [-0.15, -0.1) is 0 Å². The lowest BCUT2D eigenvalue weighted by Gasteiger charge is -2.04. The molecule has 1 rings (SSSR count). The van der Waals surface area contributed by atoms with E-state index in [1.165, 1.54) is 0 Å². The van der Waals surface area contributed by atoms with Crippen LogP contribution in [0.2, 0.25) is 0 Å². The molecule has 0 aromatic carbocycles. The van der Waals surface area contributed by atoms with Gasteiger partial charge in [0.2, 0.25) is 0 Å². The smallest absolute Gasteiger partial charge is 0.271 e. The number of aromatic nitrogens is 2. The molecule has 1 heterocycles. The number of nitrogens with one attached hydrogen (secondary N) is 1. The first-order chi connectivity index (χ1) is 7.13. The Labute approximate surface area is 88.1 Å². The summed E-state index contributed by atoms with van der Waals surface area (Å²) in [5.41, 5.74) is 5.70. The van der Waals surface area contributed by atoms with Gasteiger partial charge in [-0.25, -0.2) is 4.98 Å². The molecule has 1 amide bonds. The highest BCUT2D eigenvalue weighted by Crippen LogP contribution is 1.95. The third-order valence-electron chi connectivity index (χ3n) is 1.81. The number of aliphatic hydroxyl groups excluding tert-OH is 1. The average molecular weight is 212 g/mol. The van der Waals surface area contributed by atoms with Crippen molar-refractivity contribution in [1.82, 2.24) is 14.9 Å². The second kappa shape index (κ2) is 5.47. The Morgan fingerprint density at radius 3 is 3.13 bits per heavy atom. The first-order valence-corrected chi connectivity index (χ1v) is 4.81. The molecule has 0 bridgehead atoms. The number of hydrogen-bond donors (Lipinski definition) is 3. The second-order valence-corrected chi connectivity index (χ2v) is 3.34. The molecular formula is C9H16N4O2. The van der Waals surface area contributed by atoms with E-state index >= 15 is 0 Å². The van der Waals surface area contributed by atoms with Gasteiger partial charge in [0.05, 0.1) is 12.4 Å². The summed E-state index contributed by atoms with van der Waals surface area (Å²) in [6, 6.07) is 0. The van der Waals surface area contributed by atoms with Crippen LogP contribution in [0.5, 0.6) is 0 Å². The summed E-state index contributed by atoms with van der Waals surface area (Å²) >= 11 is 0. The average Bonchev–Trinajstić information content (AvgIpc) is 2.63. The van der Waals surface area contributed by atoms with Gasteiger partial charge in [0.15, 0.2) is 0 Å². The zero-order valence-corrected chi connectivity index (χ0v) is 8.68. The Morgan fingerprint density at radius 1 is 1.80 bits per heavy atom. The second-order valence-electron chi connectivity index (χ2n) is 3.34. The third-order valence-corrected chi connectivity index (χ3v) is 1.81. The zero-order valence-electron chi connectivity index (χ0n) is 8.68. The molecule has 1 atom stereocenters. The van der Waals surface area contributed by atoms with Crippen LogP contribution in [0, 0.1) is 0 Å². The van der Waals surface area contributed by atoms with E-state index in [2.05, 4.69) is 10.3 Å². The molecule has 0 unspecified atom stereocenters. The Hall–Kier alpha value is -1.40. The SMILES string of the molecule is C[C@H](O)CNC(=O)c1cn(CCN)cn1. The van der Waals surface area contributed by atoms with E-state index in [1.54, 1.807) is 24.0 Å².